The summed E-state index contributed by atoms with van der Waals surface area (Å²) in [4.78, 5) is 7.77. The zero-order valence-electron chi connectivity index (χ0n) is 6.54. The van der Waals surface area contributed by atoms with Crippen LogP contribution >= 0.6 is 15.9 Å². The number of hydrogen-bond acceptors (Lipinski definition) is 5. The van der Waals surface area contributed by atoms with Gasteiger partial charge in [-0.25, -0.2) is 15.8 Å². The van der Waals surface area contributed by atoms with E-state index in [4.69, 9.17) is 10.6 Å². The maximum absolute atomic E-state index is 5.19. The van der Waals surface area contributed by atoms with E-state index in [9.17, 15) is 0 Å². The quantitative estimate of drug-likeness (QED) is 0.600. The summed E-state index contributed by atoms with van der Waals surface area (Å²) in [5.74, 6) is 6.18. The number of anilines is 1. The van der Waals surface area contributed by atoms with Crippen LogP contribution in [0.1, 0.15) is 6.92 Å². The Bertz CT molecular complexity index is 268. The molecule has 0 aliphatic heterocycles. The molecule has 0 saturated carbocycles. The van der Waals surface area contributed by atoms with Gasteiger partial charge in [0.25, 0.3) is 0 Å². The van der Waals surface area contributed by atoms with Crippen LogP contribution in [0.3, 0.4) is 0 Å². The summed E-state index contributed by atoms with van der Waals surface area (Å²) >= 11 is 3.25. The number of ether oxygens (including phenoxy) is 1. The van der Waals surface area contributed by atoms with E-state index in [2.05, 4.69) is 31.3 Å². The number of rotatable bonds is 3. The van der Waals surface area contributed by atoms with Crippen molar-refractivity contribution in [3.8, 4) is 5.88 Å². The Morgan fingerprint density at radius 3 is 3.00 bits per heavy atom. The zero-order valence-corrected chi connectivity index (χ0v) is 8.13. The molecule has 0 amide bonds. The average Bonchev–Trinajstić information content (AvgIpc) is 2.09. The first-order chi connectivity index (χ1) is 5.79. The summed E-state index contributed by atoms with van der Waals surface area (Å²) in [6.07, 6.45) is 1.38. The van der Waals surface area contributed by atoms with Gasteiger partial charge in [-0.2, -0.15) is 0 Å². The molecule has 0 radical (unpaired) electrons. The van der Waals surface area contributed by atoms with Crippen molar-refractivity contribution in [2.75, 3.05) is 12.0 Å². The van der Waals surface area contributed by atoms with Gasteiger partial charge in [0.15, 0.2) is 5.82 Å². The number of hydrazine groups is 1. The highest BCUT2D eigenvalue weighted by Gasteiger charge is 2.07. The van der Waals surface area contributed by atoms with Crippen LogP contribution in [0, 0.1) is 0 Å². The number of halogens is 1. The molecule has 0 saturated heterocycles. The van der Waals surface area contributed by atoms with Crippen molar-refractivity contribution in [3.63, 3.8) is 0 Å². The molecule has 3 N–H and O–H groups in total. The first-order valence-electron chi connectivity index (χ1n) is 3.39. The Morgan fingerprint density at radius 1 is 1.67 bits per heavy atom. The third-order valence-electron chi connectivity index (χ3n) is 1.18. The van der Waals surface area contributed by atoms with E-state index in [1.54, 1.807) is 0 Å². The summed E-state index contributed by atoms with van der Waals surface area (Å²) in [6.45, 7) is 2.43. The molecule has 1 aromatic heterocycles. The van der Waals surface area contributed by atoms with Crippen LogP contribution in [0.2, 0.25) is 0 Å². The van der Waals surface area contributed by atoms with Crippen LogP contribution in [0.4, 0.5) is 5.82 Å². The first-order valence-corrected chi connectivity index (χ1v) is 4.18. The van der Waals surface area contributed by atoms with Gasteiger partial charge in [-0.1, -0.05) is 0 Å². The number of nitrogen functional groups attached to an aromatic ring is 1. The molecule has 0 unspecified atom stereocenters. The Kier molecular flexibility index (Phi) is 3.24. The zero-order chi connectivity index (χ0) is 8.97. The molecular formula is C6H9BrN4O. The van der Waals surface area contributed by atoms with Crippen LogP contribution in [0.15, 0.2) is 10.8 Å². The van der Waals surface area contributed by atoms with E-state index in [1.165, 1.54) is 6.33 Å². The smallest absolute Gasteiger partial charge is 0.233 e. The van der Waals surface area contributed by atoms with Gasteiger partial charge in [0, 0.05) is 0 Å². The van der Waals surface area contributed by atoms with Crippen LogP contribution in [0.25, 0.3) is 0 Å². The molecule has 0 bridgehead atoms. The lowest BCUT2D eigenvalue weighted by atomic mass is 10.5. The number of aromatic nitrogens is 2. The second-order valence-electron chi connectivity index (χ2n) is 1.92. The summed E-state index contributed by atoms with van der Waals surface area (Å²) < 4.78 is 5.82. The number of nitrogens with zero attached hydrogens (tertiary/aromatic N) is 2. The van der Waals surface area contributed by atoms with Gasteiger partial charge in [0.05, 0.1) is 6.61 Å². The molecule has 12 heavy (non-hydrogen) atoms. The van der Waals surface area contributed by atoms with Crippen molar-refractivity contribution in [2.45, 2.75) is 6.92 Å². The topological polar surface area (TPSA) is 73.1 Å². The molecule has 0 atom stereocenters. The number of nitrogens with two attached hydrogens (primary N) is 1. The number of hydrogen-bond donors (Lipinski definition) is 2. The van der Waals surface area contributed by atoms with E-state index in [0.29, 0.717) is 22.8 Å². The highest BCUT2D eigenvalue weighted by molar-refractivity contribution is 9.10. The molecule has 0 fully saturated rings. The van der Waals surface area contributed by atoms with Crippen LogP contribution in [-0.4, -0.2) is 16.6 Å². The molecule has 66 valence electrons. The minimum Gasteiger partial charge on any atom is -0.477 e. The number of nitrogens with one attached hydrogen (secondary N) is 1. The summed E-state index contributed by atoms with van der Waals surface area (Å²) in [5, 5.41) is 0. The molecule has 6 heteroatoms. The Hall–Kier alpha value is -0.880. The van der Waals surface area contributed by atoms with Gasteiger partial charge in [-0.3, -0.25) is 0 Å². The molecule has 5 nitrogen and oxygen atoms in total. The molecule has 0 aliphatic rings. The normalized spacial score (nSPS) is 9.58. The molecule has 0 aliphatic carbocycles. The van der Waals surface area contributed by atoms with E-state index < -0.39 is 0 Å². The van der Waals surface area contributed by atoms with Gasteiger partial charge in [0.2, 0.25) is 5.88 Å². The molecule has 1 aromatic rings. The lowest BCUT2D eigenvalue weighted by Crippen LogP contribution is -2.10. The lowest BCUT2D eigenvalue weighted by Gasteiger charge is -2.06. The first kappa shape index (κ1) is 9.21. The Morgan fingerprint density at radius 2 is 2.42 bits per heavy atom. The third kappa shape index (κ3) is 1.83. The molecule has 0 aromatic carbocycles. The molecule has 1 rings (SSSR count). The monoisotopic (exact) mass is 232 g/mol. The Labute approximate surface area is 78.4 Å². The second-order valence-corrected chi connectivity index (χ2v) is 2.71. The van der Waals surface area contributed by atoms with Gasteiger partial charge >= 0.3 is 0 Å². The predicted octanol–water partition coefficient (Wildman–Crippen LogP) is 0.923. The standard InChI is InChI=1S/C6H9BrN4O/c1-2-12-6-4(7)5(11-8)9-3-10-6/h3H,2,8H2,1H3,(H,9,10,11). The minimum absolute atomic E-state index is 0.487. The van der Waals surface area contributed by atoms with Gasteiger partial charge in [-0.05, 0) is 22.9 Å². The van der Waals surface area contributed by atoms with Crippen molar-refractivity contribution in [2.24, 2.45) is 5.84 Å². The fraction of sp³-hybridized carbons (Fsp3) is 0.333. The highest BCUT2D eigenvalue weighted by atomic mass is 79.9. The van der Waals surface area contributed by atoms with Gasteiger partial charge in [-0.15, -0.1) is 0 Å². The van der Waals surface area contributed by atoms with Crippen LogP contribution in [-0.2, 0) is 0 Å². The van der Waals surface area contributed by atoms with E-state index in [-0.39, 0.29) is 0 Å². The van der Waals surface area contributed by atoms with Crippen molar-refractivity contribution < 1.29 is 4.74 Å². The minimum atomic E-state index is 0.487. The summed E-state index contributed by atoms with van der Waals surface area (Å²) in [5.41, 5.74) is 2.42. The van der Waals surface area contributed by atoms with Gasteiger partial charge in [0.1, 0.15) is 10.8 Å². The van der Waals surface area contributed by atoms with Crippen molar-refractivity contribution in [3.05, 3.63) is 10.8 Å². The Balaban J connectivity index is 2.97. The summed E-state index contributed by atoms with van der Waals surface area (Å²) in [6, 6.07) is 0. The largest absolute Gasteiger partial charge is 0.477 e. The van der Waals surface area contributed by atoms with Crippen molar-refractivity contribution in [1.29, 1.82) is 0 Å². The van der Waals surface area contributed by atoms with Gasteiger partial charge < -0.3 is 10.2 Å². The SMILES string of the molecule is CCOc1ncnc(NN)c1Br. The van der Waals surface area contributed by atoms with Crippen LogP contribution < -0.4 is 16.0 Å². The van der Waals surface area contributed by atoms with E-state index in [1.807, 2.05) is 6.92 Å². The molecule has 0 spiro atoms. The predicted molar refractivity (Wildman–Crippen MR) is 48.7 cm³/mol. The fourth-order valence-corrected chi connectivity index (χ4v) is 1.13. The second kappa shape index (κ2) is 4.22. The maximum Gasteiger partial charge on any atom is 0.233 e. The van der Waals surface area contributed by atoms with E-state index >= 15 is 0 Å². The van der Waals surface area contributed by atoms with E-state index in [0.717, 1.165) is 0 Å². The van der Waals surface area contributed by atoms with Crippen LogP contribution in [0.5, 0.6) is 5.88 Å². The van der Waals surface area contributed by atoms with Crippen molar-refractivity contribution in [1.82, 2.24) is 9.97 Å². The fourth-order valence-electron chi connectivity index (χ4n) is 0.692. The maximum atomic E-state index is 5.19. The molecular weight excluding hydrogens is 224 g/mol. The highest BCUT2D eigenvalue weighted by Crippen LogP contribution is 2.27. The average molecular weight is 233 g/mol. The summed E-state index contributed by atoms with van der Waals surface area (Å²) in [7, 11) is 0. The lowest BCUT2D eigenvalue weighted by molar-refractivity contribution is 0.324. The third-order valence-corrected chi connectivity index (χ3v) is 1.89. The van der Waals surface area contributed by atoms with Crippen molar-refractivity contribution >= 4 is 21.7 Å². The molecule has 1 heterocycles.